The predicted molar refractivity (Wildman–Crippen MR) is 108 cm³/mol. The van der Waals surface area contributed by atoms with Crippen LogP contribution in [0.4, 0.5) is 0 Å². The molecule has 1 heterocycles. The topological polar surface area (TPSA) is 16.8 Å². The Morgan fingerprint density at radius 3 is 2.15 bits per heavy atom. The Hall–Kier alpha value is -3.26. The average Bonchev–Trinajstić information content (AvgIpc) is 2.68. The number of aromatic nitrogens is 2. The molecule has 5 aromatic rings. The van der Waals surface area contributed by atoms with Crippen molar-refractivity contribution in [3.05, 3.63) is 84.6 Å². The van der Waals surface area contributed by atoms with Gasteiger partial charge in [0.05, 0.1) is 18.0 Å². The van der Waals surface area contributed by atoms with Gasteiger partial charge in [0.2, 0.25) is 0 Å². The second-order valence-electron chi connectivity index (χ2n) is 6.87. The van der Waals surface area contributed by atoms with E-state index in [1.807, 2.05) is 0 Å². The monoisotopic (exact) mass is 335 g/mol. The van der Waals surface area contributed by atoms with E-state index in [-0.39, 0.29) is 0 Å². The van der Waals surface area contributed by atoms with Crippen LogP contribution in [-0.2, 0) is 7.05 Å². The molecule has 0 aliphatic heterocycles. The Morgan fingerprint density at radius 2 is 1.35 bits per heavy atom. The summed E-state index contributed by atoms with van der Waals surface area (Å²) < 4.78 is 2.16. The number of aryl methyl sites for hydroxylation is 2. The van der Waals surface area contributed by atoms with Crippen molar-refractivity contribution < 1.29 is 4.57 Å². The van der Waals surface area contributed by atoms with Crippen LogP contribution in [0.25, 0.3) is 43.8 Å². The number of benzene rings is 4. The molecule has 2 nitrogen and oxygen atoms in total. The molecular weight excluding hydrogens is 316 g/mol. The van der Waals surface area contributed by atoms with E-state index in [1.54, 1.807) is 0 Å². The Kier molecular flexibility index (Phi) is 3.26. The van der Waals surface area contributed by atoms with Crippen molar-refractivity contribution in [1.29, 1.82) is 0 Å². The van der Waals surface area contributed by atoms with Crippen LogP contribution in [-0.4, -0.2) is 4.98 Å². The lowest BCUT2D eigenvalue weighted by Gasteiger charge is -2.09. The van der Waals surface area contributed by atoms with Gasteiger partial charge in [-0.1, -0.05) is 60.7 Å². The lowest BCUT2D eigenvalue weighted by Crippen LogP contribution is -2.32. The first-order valence-electron chi connectivity index (χ1n) is 8.89. The quantitative estimate of drug-likeness (QED) is 0.298. The maximum Gasteiger partial charge on any atom is 0.331 e. The van der Waals surface area contributed by atoms with Crippen LogP contribution in [0.3, 0.4) is 0 Å². The van der Waals surface area contributed by atoms with Crippen molar-refractivity contribution in [1.82, 2.24) is 4.98 Å². The van der Waals surface area contributed by atoms with Gasteiger partial charge in [0.15, 0.2) is 5.52 Å². The Labute approximate surface area is 152 Å². The van der Waals surface area contributed by atoms with E-state index in [9.17, 15) is 0 Å². The summed E-state index contributed by atoms with van der Waals surface area (Å²) >= 11 is 0. The van der Waals surface area contributed by atoms with Crippen LogP contribution in [0.15, 0.2) is 79.0 Å². The van der Waals surface area contributed by atoms with Crippen LogP contribution >= 0.6 is 0 Å². The summed E-state index contributed by atoms with van der Waals surface area (Å²) in [5.74, 6) is 1.00. The van der Waals surface area contributed by atoms with Crippen molar-refractivity contribution in [3.63, 3.8) is 0 Å². The van der Waals surface area contributed by atoms with Crippen molar-refractivity contribution >= 4 is 32.4 Å². The van der Waals surface area contributed by atoms with Gasteiger partial charge in [-0.2, -0.15) is 0 Å². The predicted octanol–water partition coefficient (Wildman–Crippen LogP) is 5.34. The molecule has 0 saturated heterocycles. The molecule has 2 heteroatoms. The van der Waals surface area contributed by atoms with Gasteiger partial charge >= 0.3 is 5.82 Å². The summed E-state index contributed by atoms with van der Waals surface area (Å²) in [4.78, 5) is 5.07. The first-order valence-corrected chi connectivity index (χ1v) is 8.89. The molecule has 0 atom stereocenters. The smallest absolute Gasteiger partial charge is 0.232 e. The molecule has 0 unspecified atom stereocenters. The SMILES string of the molecule is Cc1ccc2ccccc2c1-c1nc2ccc3ccccc3c2c[n+]1C. The molecular formula is C24H19N2+. The molecule has 0 spiro atoms. The Bertz CT molecular complexity index is 1300. The van der Waals surface area contributed by atoms with E-state index in [1.165, 1.54) is 38.1 Å². The van der Waals surface area contributed by atoms with E-state index in [4.69, 9.17) is 4.98 Å². The second kappa shape index (κ2) is 5.63. The largest absolute Gasteiger partial charge is 0.331 e. The summed E-state index contributed by atoms with van der Waals surface area (Å²) in [7, 11) is 2.09. The zero-order chi connectivity index (χ0) is 17.7. The molecule has 4 aromatic carbocycles. The van der Waals surface area contributed by atoms with Gasteiger partial charge < -0.3 is 0 Å². The van der Waals surface area contributed by atoms with Gasteiger partial charge in [-0.15, -0.1) is 0 Å². The first-order chi connectivity index (χ1) is 12.7. The first kappa shape index (κ1) is 15.0. The number of nitrogens with zero attached hydrogens (tertiary/aromatic N) is 2. The molecule has 0 radical (unpaired) electrons. The number of hydrogen-bond donors (Lipinski definition) is 0. The molecule has 1 aromatic heterocycles. The van der Waals surface area contributed by atoms with E-state index in [2.05, 4.69) is 97.5 Å². The van der Waals surface area contributed by atoms with Crippen molar-refractivity contribution in [2.75, 3.05) is 0 Å². The third-order valence-corrected chi connectivity index (χ3v) is 5.19. The number of fused-ring (bicyclic) bond motifs is 4. The van der Waals surface area contributed by atoms with Crippen LogP contribution in [0.1, 0.15) is 5.56 Å². The fourth-order valence-corrected chi connectivity index (χ4v) is 3.87. The Morgan fingerprint density at radius 1 is 0.692 bits per heavy atom. The maximum atomic E-state index is 5.07. The van der Waals surface area contributed by atoms with Gasteiger partial charge in [-0.05, 0) is 51.1 Å². The Balaban J connectivity index is 1.88. The van der Waals surface area contributed by atoms with Gasteiger partial charge in [-0.25, -0.2) is 4.57 Å². The summed E-state index contributed by atoms with van der Waals surface area (Å²) in [6.45, 7) is 2.16. The molecule has 0 N–H and O–H groups in total. The molecule has 5 rings (SSSR count). The lowest BCUT2D eigenvalue weighted by molar-refractivity contribution is -0.661. The highest BCUT2D eigenvalue weighted by Crippen LogP contribution is 2.31. The lowest BCUT2D eigenvalue weighted by atomic mass is 9.98. The fourth-order valence-electron chi connectivity index (χ4n) is 3.87. The zero-order valence-corrected chi connectivity index (χ0v) is 14.9. The van der Waals surface area contributed by atoms with Gasteiger partial charge in [0.1, 0.15) is 6.20 Å². The van der Waals surface area contributed by atoms with Crippen LogP contribution in [0, 0.1) is 6.92 Å². The maximum absolute atomic E-state index is 5.07. The molecule has 0 amide bonds. The second-order valence-corrected chi connectivity index (χ2v) is 6.87. The van der Waals surface area contributed by atoms with Crippen LogP contribution < -0.4 is 4.57 Å². The highest BCUT2D eigenvalue weighted by molar-refractivity contribution is 6.06. The molecule has 0 bridgehead atoms. The van der Waals surface area contributed by atoms with E-state index in [0.29, 0.717) is 0 Å². The summed E-state index contributed by atoms with van der Waals surface area (Å²) in [6.07, 6.45) is 2.21. The van der Waals surface area contributed by atoms with Crippen LogP contribution in [0.2, 0.25) is 0 Å². The molecule has 0 aliphatic rings. The minimum atomic E-state index is 1.00. The zero-order valence-electron chi connectivity index (χ0n) is 14.9. The molecule has 0 saturated carbocycles. The van der Waals surface area contributed by atoms with Gasteiger partial charge in [-0.3, -0.25) is 0 Å². The van der Waals surface area contributed by atoms with Crippen molar-refractivity contribution in [2.24, 2.45) is 7.05 Å². The van der Waals surface area contributed by atoms with Crippen LogP contribution in [0.5, 0.6) is 0 Å². The molecule has 26 heavy (non-hydrogen) atoms. The van der Waals surface area contributed by atoms with E-state index < -0.39 is 0 Å². The third-order valence-electron chi connectivity index (χ3n) is 5.19. The van der Waals surface area contributed by atoms with E-state index in [0.717, 1.165) is 11.3 Å². The number of rotatable bonds is 1. The molecule has 124 valence electrons. The highest BCUT2D eigenvalue weighted by atomic mass is 15.0. The molecule has 0 aliphatic carbocycles. The standard InChI is InChI=1S/C24H19N2/c1-16-11-12-18-8-4-6-10-20(18)23(16)24-25-22-14-13-17-7-3-5-9-19(17)21(22)15-26(24)2/h3-15H,1-2H3/q+1. The minimum Gasteiger partial charge on any atom is -0.232 e. The average molecular weight is 335 g/mol. The van der Waals surface area contributed by atoms with Crippen molar-refractivity contribution in [3.8, 4) is 11.4 Å². The van der Waals surface area contributed by atoms with E-state index >= 15 is 0 Å². The normalized spacial score (nSPS) is 11.5. The molecule has 0 fully saturated rings. The summed E-state index contributed by atoms with van der Waals surface area (Å²) in [6, 6.07) is 25.7. The fraction of sp³-hybridized carbons (Fsp3) is 0.0833. The summed E-state index contributed by atoms with van der Waals surface area (Å²) in [5.41, 5.74) is 3.48. The number of hydrogen-bond acceptors (Lipinski definition) is 1. The third kappa shape index (κ3) is 2.19. The minimum absolute atomic E-state index is 1.00. The van der Waals surface area contributed by atoms with Gasteiger partial charge in [0.25, 0.3) is 0 Å². The van der Waals surface area contributed by atoms with Gasteiger partial charge in [0, 0.05) is 0 Å². The summed E-state index contributed by atoms with van der Waals surface area (Å²) in [5, 5.41) is 6.17. The highest BCUT2D eigenvalue weighted by Gasteiger charge is 2.20. The van der Waals surface area contributed by atoms with Crippen molar-refractivity contribution in [2.45, 2.75) is 6.92 Å².